The maximum Gasteiger partial charge on any atom is 0.413 e. The van der Waals surface area contributed by atoms with Crippen molar-refractivity contribution >= 4 is 55.6 Å². The third-order valence-electron chi connectivity index (χ3n) is 9.62. The number of nitrogens with one attached hydrogen (secondary N) is 1. The number of piperazine rings is 1. The molecular formula is C38H47F2N7O5S. The molecule has 1 saturated carbocycles. The molecule has 2 aromatic heterocycles. The van der Waals surface area contributed by atoms with E-state index in [-0.39, 0.29) is 44.9 Å². The molecule has 1 atom stereocenters. The van der Waals surface area contributed by atoms with Gasteiger partial charge in [0.05, 0.1) is 10.2 Å². The monoisotopic (exact) mass is 751 g/mol. The third kappa shape index (κ3) is 8.10. The lowest BCUT2D eigenvalue weighted by Crippen LogP contribution is -2.50. The molecule has 2 aromatic carbocycles. The number of ether oxygens (including phenoxy) is 3. The molecule has 12 nitrogen and oxygen atoms in total. The maximum absolute atomic E-state index is 17.4. The summed E-state index contributed by atoms with van der Waals surface area (Å²) >= 11 is 0.960. The van der Waals surface area contributed by atoms with E-state index in [0.717, 1.165) is 49.1 Å². The smallest absolute Gasteiger partial charge is 0.413 e. The Hall–Kier alpha value is -4.37. The molecule has 284 valence electrons. The number of thiazole rings is 1. The Morgan fingerprint density at radius 2 is 1.64 bits per heavy atom. The standard InChI is InChI=1S/C38H47F2N7O5S/c1-37(2,3)51-35(48)44-34-42-30-23(12-13-26(39)31(30)53-34)27-24(21-10-11-21)19-25-29(28(27)40)41-33(50-20-22-9-8-14-45(22)7)43-32(25)46-15-17-47(18-16-46)36(49)52-38(4,5)6/h12-13,19,21-22H,8-11,14-18,20H2,1-7H3,(H,42,44,48)/t22-/m0/s1. The fraction of sp³-hybridized carbons (Fsp3) is 0.553. The van der Waals surface area contributed by atoms with Crippen LogP contribution < -0.4 is 15.0 Å². The molecule has 0 unspecified atom stereocenters. The van der Waals surface area contributed by atoms with Gasteiger partial charge in [0, 0.05) is 48.7 Å². The molecule has 4 heterocycles. The molecular weight excluding hydrogens is 705 g/mol. The number of aromatic nitrogens is 3. The summed E-state index contributed by atoms with van der Waals surface area (Å²) in [6.07, 6.45) is 2.68. The highest BCUT2D eigenvalue weighted by atomic mass is 32.1. The Labute approximate surface area is 311 Å². The molecule has 4 aromatic rings. The number of fused-ring (bicyclic) bond motifs is 2. The first-order chi connectivity index (χ1) is 25.0. The van der Waals surface area contributed by atoms with Crippen molar-refractivity contribution < 1.29 is 32.6 Å². The van der Waals surface area contributed by atoms with Crippen LogP contribution in [0.4, 0.5) is 29.3 Å². The van der Waals surface area contributed by atoms with E-state index < -0.39 is 28.9 Å². The van der Waals surface area contributed by atoms with Crippen molar-refractivity contribution in [3.8, 4) is 17.1 Å². The Morgan fingerprint density at radius 1 is 0.925 bits per heavy atom. The fourth-order valence-electron chi connectivity index (χ4n) is 6.92. The van der Waals surface area contributed by atoms with Crippen LogP contribution in [-0.4, -0.2) is 101 Å². The van der Waals surface area contributed by atoms with Crippen LogP contribution in [-0.2, 0) is 9.47 Å². The molecule has 3 fully saturated rings. The van der Waals surface area contributed by atoms with Crippen LogP contribution in [0.25, 0.3) is 32.2 Å². The van der Waals surface area contributed by atoms with Crippen LogP contribution in [0.5, 0.6) is 6.01 Å². The van der Waals surface area contributed by atoms with Gasteiger partial charge < -0.3 is 28.9 Å². The quantitative estimate of drug-likeness (QED) is 0.199. The topological polar surface area (TPSA) is 122 Å². The van der Waals surface area contributed by atoms with Crippen molar-refractivity contribution in [3.05, 3.63) is 35.4 Å². The van der Waals surface area contributed by atoms with Crippen molar-refractivity contribution in [2.75, 3.05) is 56.6 Å². The highest BCUT2D eigenvalue weighted by Crippen LogP contribution is 2.49. The van der Waals surface area contributed by atoms with Gasteiger partial charge in [0.2, 0.25) is 0 Å². The van der Waals surface area contributed by atoms with Gasteiger partial charge in [-0.15, -0.1) is 0 Å². The first-order valence-corrected chi connectivity index (χ1v) is 19.1. The first-order valence-electron chi connectivity index (χ1n) is 18.2. The molecule has 1 aliphatic carbocycles. The minimum absolute atomic E-state index is 0.0631. The molecule has 1 N–H and O–H groups in total. The normalized spacial score (nSPS) is 18.5. The van der Waals surface area contributed by atoms with Gasteiger partial charge in [0.1, 0.15) is 35.0 Å². The average Bonchev–Trinajstić information content (AvgIpc) is 3.71. The third-order valence-corrected chi connectivity index (χ3v) is 10.6. The van der Waals surface area contributed by atoms with Crippen LogP contribution in [0, 0.1) is 11.6 Å². The lowest BCUT2D eigenvalue weighted by atomic mass is 9.93. The second-order valence-corrected chi connectivity index (χ2v) is 17.1. The van der Waals surface area contributed by atoms with E-state index in [1.807, 2.05) is 31.7 Å². The lowest BCUT2D eigenvalue weighted by Gasteiger charge is -2.36. The molecule has 53 heavy (non-hydrogen) atoms. The van der Waals surface area contributed by atoms with E-state index in [0.29, 0.717) is 55.1 Å². The second-order valence-electron chi connectivity index (χ2n) is 16.1. The van der Waals surface area contributed by atoms with E-state index in [1.165, 1.54) is 12.1 Å². The number of hydrogen-bond donors (Lipinski definition) is 1. The molecule has 7 rings (SSSR count). The number of benzene rings is 2. The summed E-state index contributed by atoms with van der Waals surface area (Å²) in [4.78, 5) is 45.5. The number of nitrogens with zero attached hydrogens (tertiary/aromatic N) is 6. The van der Waals surface area contributed by atoms with E-state index in [4.69, 9.17) is 19.2 Å². The second kappa shape index (κ2) is 14.1. The van der Waals surface area contributed by atoms with Crippen LogP contribution in [0.2, 0.25) is 0 Å². The molecule has 0 spiro atoms. The van der Waals surface area contributed by atoms with Crippen LogP contribution >= 0.6 is 11.3 Å². The first kappa shape index (κ1) is 37.0. The van der Waals surface area contributed by atoms with Gasteiger partial charge >= 0.3 is 18.2 Å². The molecule has 2 aliphatic heterocycles. The van der Waals surface area contributed by atoms with Crippen LogP contribution in [0.15, 0.2) is 18.2 Å². The number of hydrogen-bond acceptors (Lipinski definition) is 11. The van der Waals surface area contributed by atoms with Crippen molar-refractivity contribution in [2.45, 2.75) is 90.4 Å². The van der Waals surface area contributed by atoms with Crippen LogP contribution in [0.3, 0.4) is 0 Å². The summed E-state index contributed by atoms with van der Waals surface area (Å²) in [5.41, 5.74) is 0.407. The van der Waals surface area contributed by atoms with Crippen LogP contribution in [0.1, 0.15) is 78.7 Å². The SMILES string of the molecule is CN1CCC[C@H]1COc1nc(N2CCN(C(=O)OC(C)(C)C)CC2)c2cc(C3CC3)c(-c3ccc(F)c4sc(NC(=O)OC(C)(C)C)nc34)c(F)c2n1. The predicted molar refractivity (Wildman–Crippen MR) is 201 cm³/mol. The number of anilines is 2. The molecule has 2 amide bonds. The van der Waals surface area contributed by atoms with Crippen molar-refractivity contribution in [2.24, 2.45) is 0 Å². The van der Waals surface area contributed by atoms with Gasteiger partial charge in [-0.05, 0) is 110 Å². The number of halogens is 2. The molecule has 15 heteroatoms. The van der Waals surface area contributed by atoms with Gasteiger partial charge in [-0.2, -0.15) is 9.97 Å². The zero-order valence-electron chi connectivity index (χ0n) is 31.3. The summed E-state index contributed by atoms with van der Waals surface area (Å²) in [5, 5.41) is 3.28. The number of likely N-dealkylation sites (N-methyl/N-ethyl adjacent to an activating group) is 1. The largest absolute Gasteiger partial charge is 0.462 e. The summed E-state index contributed by atoms with van der Waals surface area (Å²) in [7, 11) is 2.06. The highest BCUT2D eigenvalue weighted by Gasteiger charge is 2.34. The zero-order valence-corrected chi connectivity index (χ0v) is 32.2. The summed E-state index contributed by atoms with van der Waals surface area (Å²) in [5.74, 6) is -0.503. The molecule has 2 saturated heterocycles. The lowest BCUT2D eigenvalue weighted by molar-refractivity contribution is 0.0240. The summed E-state index contributed by atoms with van der Waals surface area (Å²) in [6.45, 7) is 13.8. The summed E-state index contributed by atoms with van der Waals surface area (Å²) in [6, 6.07) is 5.05. The van der Waals surface area contributed by atoms with E-state index in [2.05, 4.69) is 27.2 Å². The van der Waals surface area contributed by atoms with Gasteiger partial charge in [0.15, 0.2) is 10.9 Å². The number of likely N-dealkylation sites (tertiary alicyclic amines) is 1. The number of carbonyl (C=O) groups excluding carboxylic acids is 2. The predicted octanol–water partition coefficient (Wildman–Crippen LogP) is 7.94. The van der Waals surface area contributed by atoms with E-state index in [9.17, 15) is 9.59 Å². The summed E-state index contributed by atoms with van der Waals surface area (Å²) < 4.78 is 50.1. The Morgan fingerprint density at radius 3 is 2.28 bits per heavy atom. The van der Waals surface area contributed by atoms with Gasteiger partial charge in [-0.1, -0.05) is 11.3 Å². The van der Waals surface area contributed by atoms with Crippen molar-refractivity contribution in [1.29, 1.82) is 0 Å². The average molecular weight is 752 g/mol. The molecule has 0 radical (unpaired) electrons. The zero-order chi connectivity index (χ0) is 37.8. The van der Waals surface area contributed by atoms with Gasteiger partial charge in [0.25, 0.3) is 0 Å². The molecule has 3 aliphatic rings. The number of rotatable bonds is 7. The Balaban J connectivity index is 1.31. The number of amides is 2. The van der Waals surface area contributed by atoms with Crippen molar-refractivity contribution in [3.63, 3.8) is 0 Å². The molecule has 0 bridgehead atoms. The van der Waals surface area contributed by atoms with E-state index >= 15 is 8.78 Å². The Bertz CT molecular complexity index is 2050. The minimum atomic E-state index is -0.744. The van der Waals surface area contributed by atoms with Gasteiger partial charge in [-0.25, -0.2) is 23.4 Å². The Kier molecular flexibility index (Phi) is 9.85. The highest BCUT2D eigenvalue weighted by molar-refractivity contribution is 7.22. The van der Waals surface area contributed by atoms with E-state index in [1.54, 1.807) is 25.7 Å². The minimum Gasteiger partial charge on any atom is -0.462 e. The van der Waals surface area contributed by atoms with Gasteiger partial charge in [-0.3, -0.25) is 5.32 Å². The maximum atomic E-state index is 17.4. The number of carbonyl (C=O) groups is 2. The fourth-order valence-corrected chi connectivity index (χ4v) is 7.80. The van der Waals surface area contributed by atoms with Crippen molar-refractivity contribution in [1.82, 2.24) is 24.8 Å².